The third-order valence-corrected chi connectivity index (χ3v) is 4.11. The predicted octanol–water partition coefficient (Wildman–Crippen LogP) is 1.72. The van der Waals surface area contributed by atoms with Crippen LogP contribution in [0.4, 0.5) is 0 Å². The number of ether oxygens (including phenoxy) is 3. The van der Waals surface area contributed by atoms with Gasteiger partial charge in [-0.05, 0) is 38.4 Å². The van der Waals surface area contributed by atoms with E-state index in [1.807, 2.05) is 6.92 Å². The zero-order chi connectivity index (χ0) is 14.3. The molecule has 0 fully saturated rings. The molecule has 1 aromatic rings. The molecule has 5 heteroatoms. The van der Waals surface area contributed by atoms with Gasteiger partial charge in [0.25, 0.3) is 0 Å². The van der Waals surface area contributed by atoms with Crippen LogP contribution in [0.25, 0.3) is 0 Å². The molecule has 0 amide bonds. The highest BCUT2D eigenvalue weighted by atomic mass is 16.7. The van der Waals surface area contributed by atoms with Crippen LogP contribution in [-0.2, 0) is 6.42 Å². The Morgan fingerprint density at radius 1 is 1.50 bits per heavy atom. The van der Waals surface area contributed by atoms with Crippen molar-refractivity contribution in [2.45, 2.75) is 31.9 Å². The Morgan fingerprint density at radius 3 is 3.00 bits per heavy atom. The van der Waals surface area contributed by atoms with Gasteiger partial charge in [0.05, 0.1) is 13.2 Å². The summed E-state index contributed by atoms with van der Waals surface area (Å²) >= 11 is 0. The smallest absolute Gasteiger partial charge is 0.231 e. The van der Waals surface area contributed by atoms with Crippen LogP contribution in [0.3, 0.4) is 0 Å². The predicted molar refractivity (Wildman–Crippen MR) is 74.5 cm³/mol. The monoisotopic (exact) mass is 279 g/mol. The summed E-state index contributed by atoms with van der Waals surface area (Å²) in [6.07, 6.45) is 1.28. The van der Waals surface area contributed by atoms with Crippen LogP contribution in [-0.4, -0.2) is 43.6 Å². The number of nitrogens with zero attached hydrogens (tertiary/aromatic N) is 1. The first-order valence-corrected chi connectivity index (χ1v) is 6.99. The van der Waals surface area contributed by atoms with Crippen molar-refractivity contribution < 1.29 is 19.3 Å². The largest absolute Gasteiger partial charge is 0.492 e. The SMILES string of the molecule is COc1c2c(cc3c1[C@@H](C[C@@H](C)O)N(C)CC3)OCO2. The lowest BCUT2D eigenvalue weighted by atomic mass is 9.88. The Kier molecular flexibility index (Phi) is 3.48. The average Bonchev–Trinajstić information content (AvgIpc) is 2.87. The maximum absolute atomic E-state index is 9.78. The minimum atomic E-state index is -0.358. The molecule has 2 aliphatic heterocycles. The Hall–Kier alpha value is -1.46. The molecule has 2 atom stereocenters. The first kappa shape index (κ1) is 13.5. The lowest BCUT2D eigenvalue weighted by molar-refractivity contribution is 0.119. The van der Waals surface area contributed by atoms with Crippen LogP contribution >= 0.6 is 0 Å². The Bertz CT molecular complexity index is 515. The second-order valence-electron chi connectivity index (χ2n) is 5.55. The molecule has 3 rings (SSSR count). The number of aliphatic hydroxyl groups is 1. The lowest BCUT2D eigenvalue weighted by Crippen LogP contribution is -2.34. The summed E-state index contributed by atoms with van der Waals surface area (Å²) in [7, 11) is 3.74. The van der Waals surface area contributed by atoms with Crippen LogP contribution < -0.4 is 14.2 Å². The van der Waals surface area contributed by atoms with Gasteiger partial charge in [-0.1, -0.05) is 0 Å². The van der Waals surface area contributed by atoms with E-state index in [-0.39, 0.29) is 18.9 Å². The van der Waals surface area contributed by atoms with Gasteiger partial charge < -0.3 is 19.3 Å². The second-order valence-corrected chi connectivity index (χ2v) is 5.55. The molecule has 0 saturated heterocycles. The maximum Gasteiger partial charge on any atom is 0.231 e. The maximum atomic E-state index is 9.78. The average molecular weight is 279 g/mol. The van der Waals surface area contributed by atoms with Crippen molar-refractivity contribution in [3.8, 4) is 17.2 Å². The molecular weight excluding hydrogens is 258 g/mol. The number of fused-ring (bicyclic) bond motifs is 2. The molecule has 5 nitrogen and oxygen atoms in total. The first-order chi connectivity index (χ1) is 9.61. The summed E-state index contributed by atoms with van der Waals surface area (Å²) < 4.78 is 16.6. The van der Waals surface area contributed by atoms with E-state index in [0.717, 1.165) is 30.0 Å². The highest BCUT2D eigenvalue weighted by Crippen LogP contribution is 2.50. The summed E-state index contributed by atoms with van der Waals surface area (Å²) in [6, 6.07) is 2.20. The standard InChI is InChI=1S/C15H21NO4/c1-9(17)6-11-13-10(4-5-16(11)2)7-12-14(15(13)18-3)20-8-19-12/h7,9,11,17H,4-6,8H2,1-3H3/t9-,11-/m1/s1. The van der Waals surface area contributed by atoms with Crippen molar-refractivity contribution in [3.05, 3.63) is 17.2 Å². The van der Waals surface area contributed by atoms with Gasteiger partial charge in [0.15, 0.2) is 11.5 Å². The van der Waals surface area contributed by atoms with Crippen molar-refractivity contribution in [1.82, 2.24) is 4.90 Å². The zero-order valence-corrected chi connectivity index (χ0v) is 12.2. The van der Waals surface area contributed by atoms with Crippen molar-refractivity contribution in [3.63, 3.8) is 0 Å². The third-order valence-electron chi connectivity index (χ3n) is 4.11. The number of benzene rings is 1. The summed E-state index contributed by atoms with van der Waals surface area (Å²) in [5.41, 5.74) is 2.36. The number of hydrogen-bond acceptors (Lipinski definition) is 5. The highest BCUT2D eigenvalue weighted by Gasteiger charge is 2.34. The number of hydrogen-bond donors (Lipinski definition) is 1. The summed E-state index contributed by atoms with van der Waals surface area (Å²) in [6.45, 7) is 3.03. The van der Waals surface area contributed by atoms with Crippen molar-refractivity contribution in [1.29, 1.82) is 0 Å². The van der Waals surface area contributed by atoms with E-state index in [1.165, 1.54) is 5.56 Å². The molecule has 0 unspecified atom stereocenters. The van der Waals surface area contributed by atoms with Gasteiger partial charge in [-0.3, -0.25) is 4.90 Å². The molecule has 20 heavy (non-hydrogen) atoms. The van der Waals surface area contributed by atoms with E-state index < -0.39 is 0 Å². The Balaban J connectivity index is 2.12. The van der Waals surface area contributed by atoms with Crippen LogP contribution in [0.1, 0.15) is 30.5 Å². The zero-order valence-electron chi connectivity index (χ0n) is 12.2. The van der Waals surface area contributed by atoms with Crippen LogP contribution in [0.2, 0.25) is 0 Å². The molecule has 1 N–H and O–H groups in total. The Labute approximate surface area is 119 Å². The van der Waals surface area contributed by atoms with Gasteiger partial charge in [-0.25, -0.2) is 0 Å². The molecule has 1 aromatic carbocycles. The molecule has 0 aliphatic carbocycles. The van der Waals surface area contributed by atoms with Crippen molar-refractivity contribution >= 4 is 0 Å². The number of likely N-dealkylation sites (N-methyl/N-ethyl adjacent to an activating group) is 1. The van der Waals surface area contributed by atoms with E-state index in [9.17, 15) is 5.11 Å². The molecule has 110 valence electrons. The quantitative estimate of drug-likeness (QED) is 0.913. The molecule has 2 heterocycles. The molecule has 0 bridgehead atoms. The van der Waals surface area contributed by atoms with E-state index in [0.29, 0.717) is 12.2 Å². The highest BCUT2D eigenvalue weighted by molar-refractivity contribution is 5.61. The molecule has 0 radical (unpaired) electrons. The fourth-order valence-corrected chi connectivity index (χ4v) is 3.15. The second kappa shape index (κ2) is 5.14. The van der Waals surface area contributed by atoms with Gasteiger partial charge in [-0.2, -0.15) is 0 Å². The fourth-order valence-electron chi connectivity index (χ4n) is 3.15. The van der Waals surface area contributed by atoms with Gasteiger partial charge in [-0.15, -0.1) is 0 Å². The Morgan fingerprint density at radius 2 is 2.30 bits per heavy atom. The fraction of sp³-hybridized carbons (Fsp3) is 0.600. The number of methoxy groups -OCH3 is 1. The van der Waals surface area contributed by atoms with E-state index in [4.69, 9.17) is 14.2 Å². The topological polar surface area (TPSA) is 51.2 Å². The molecule has 0 saturated carbocycles. The van der Waals surface area contributed by atoms with Crippen molar-refractivity contribution in [2.75, 3.05) is 27.5 Å². The molecule has 0 spiro atoms. The normalized spacial score (nSPS) is 22.5. The molecule has 2 aliphatic rings. The van der Waals surface area contributed by atoms with Gasteiger partial charge in [0.1, 0.15) is 0 Å². The van der Waals surface area contributed by atoms with Crippen molar-refractivity contribution in [2.24, 2.45) is 0 Å². The van der Waals surface area contributed by atoms with E-state index in [2.05, 4.69) is 18.0 Å². The first-order valence-electron chi connectivity index (χ1n) is 6.99. The van der Waals surface area contributed by atoms with Gasteiger partial charge in [0.2, 0.25) is 12.5 Å². The van der Waals surface area contributed by atoms with E-state index in [1.54, 1.807) is 7.11 Å². The minimum Gasteiger partial charge on any atom is -0.492 e. The molecule has 0 aromatic heterocycles. The summed E-state index contributed by atoms with van der Waals surface area (Å²) in [5.74, 6) is 2.21. The minimum absolute atomic E-state index is 0.142. The van der Waals surface area contributed by atoms with Crippen LogP contribution in [0, 0.1) is 0 Å². The number of rotatable bonds is 3. The third kappa shape index (κ3) is 2.11. The van der Waals surface area contributed by atoms with Gasteiger partial charge >= 0.3 is 0 Å². The van der Waals surface area contributed by atoms with Crippen LogP contribution in [0.5, 0.6) is 17.2 Å². The van der Waals surface area contributed by atoms with Gasteiger partial charge in [0, 0.05) is 18.2 Å². The van der Waals surface area contributed by atoms with Crippen LogP contribution in [0.15, 0.2) is 6.07 Å². The lowest BCUT2D eigenvalue weighted by Gasteiger charge is -2.36. The summed E-state index contributed by atoms with van der Waals surface area (Å²) in [4.78, 5) is 2.26. The summed E-state index contributed by atoms with van der Waals surface area (Å²) in [5, 5.41) is 9.78. The molecular formula is C15H21NO4. The number of aliphatic hydroxyl groups excluding tert-OH is 1. The van der Waals surface area contributed by atoms with E-state index >= 15 is 0 Å².